The molecule has 0 aliphatic carbocycles. The van der Waals surface area contributed by atoms with Crippen LogP contribution < -0.4 is 4.90 Å². The number of hydrogen-bond donors (Lipinski definition) is 1. The Labute approximate surface area is 162 Å². The predicted octanol–water partition coefficient (Wildman–Crippen LogP) is 5.15. The molecule has 3 nitrogen and oxygen atoms in total. The fourth-order valence-corrected chi connectivity index (χ4v) is 5.29. The first-order valence-electron chi connectivity index (χ1n) is 10.5. The van der Waals surface area contributed by atoms with Gasteiger partial charge in [-0.25, -0.2) is 0 Å². The molecular formula is C24H29N3. The SMILES string of the molecule is CCC(N1CCC(c2c[nH]c3ccccc23)CC1)N1CCc2ccccc21. The standard InChI is InChI=1S/C24H29N3/c1-2-24(27-16-13-19-7-3-6-10-23(19)27)26-14-11-18(12-15-26)21-17-25-22-9-5-4-8-20(21)22/h3-10,17-18,24-25H,2,11-16H2,1H3. The van der Waals surface area contributed by atoms with Gasteiger partial charge in [0.25, 0.3) is 0 Å². The summed E-state index contributed by atoms with van der Waals surface area (Å²) < 4.78 is 0. The zero-order chi connectivity index (χ0) is 18.2. The number of benzene rings is 2. The molecule has 3 heterocycles. The van der Waals surface area contributed by atoms with Crippen molar-refractivity contribution in [3.05, 3.63) is 65.9 Å². The number of hydrogen-bond acceptors (Lipinski definition) is 2. The van der Waals surface area contributed by atoms with Crippen molar-refractivity contribution in [3.8, 4) is 0 Å². The molecule has 0 saturated carbocycles. The molecule has 0 bridgehead atoms. The van der Waals surface area contributed by atoms with E-state index >= 15 is 0 Å². The average Bonchev–Trinajstić information content (AvgIpc) is 3.34. The van der Waals surface area contributed by atoms with Gasteiger partial charge in [-0.05, 0) is 54.9 Å². The molecule has 5 rings (SSSR count). The average molecular weight is 360 g/mol. The number of rotatable bonds is 4. The van der Waals surface area contributed by atoms with Crippen LogP contribution in [0, 0.1) is 0 Å². The van der Waals surface area contributed by atoms with Crippen molar-refractivity contribution >= 4 is 16.6 Å². The fraction of sp³-hybridized carbons (Fsp3) is 0.417. The Morgan fingerprint density at radius 1 is 1.00 bits per heavy atom. The Balaban J connectivity index is 1.31. The number of nitrogens with zero attached hydrogens (tertiary/aromatic N) is 2. The largest absolute Gasteiger partial charge is 0.361 e. The molecule has 2 aliphatic rings. The molecule has 1 saturated heterocycles. The zero-order valence-electron chi connectivity index (χ0n) is 16.2. The molecule has 0 amide bonds. The summed E-state index contributed by atoms with van der Waals surface area (Å²) in [5.74, 6) is 0.681. The highest BCUT2D eigenvalue weighted by Crippen LogP contribution is 2.36. The summed E-state index contributed by atoms with van der Waals surface area (Å²) >= 11 is 0. The molecule has 1 fully saturated rings. The highest BCUT2D eigenvalue weighted by Gasteiger charge is 2.32. The molecule has 2 aliphatic heterocycles. The van der Waals surface area contributed by atoms with Crippen LogP contribution in [0.4, 0.5) is 5.69 Å². The molecule has 1 aromatic heterocycles. The van der Waals surface area contributed by atoms with Gasteiger partial charge in [0.05, 0.1) is 6.17 Å². The summed E-state index contributed by atoms with van der Waals surface area (Å²) in [5, 5.41) is 1.41. The molecule has 1 atom stereocenters. The van der Waals surface area contributed by atoms with Crippen LogP contribution in [0.2, 0.25) is 0 Å². The third-order valence-corrected chi connectivity index (χ3v) is 6.66. The van der Waals surface area contributed by atoms with Gasteiger partial charge in [0.15, 0.2) is 0 Å². The Morgan fingerprint density at radius 3 is 2.63 bits per heavy atom. The third-order valence-electron chi connectivity index (χ3n) is 6.66. The topological polar surface area (TPSA) is 22.3 Å². The maximum absolute atomic E-state index is 3.46. The van der Waals surface area contributed by atoms with Crippen LogP contribution in [0.3, 0.4) is 0 Å². The van der Waals surface area contributed by atoms with E-state index in [1.54, 1.807) is 0 Å². The van der Waals surface area contributed by atoms with Gasteiger partial charge in [0.2, 0.25) is 0 Å². The minimum absolute atomic E-state index is 0.539. The molecule has 1 unspecified atom stereocenters. The van der Waals surface area contributed by atoms with E-state index in [0.29, 0.717) is 12.1 Å². The number of piperidine rings is 1. The first-order chi connectivity index (χ1) is 13.3. The second kappa shape index (κ2) is 7.05. The Hall–Kier alpha value is -2.26. The highest BCUT2D eigenvalue weighted by molar-refractivity contribution is 5.83. The minimum Gasteiger partial charge on any atom is -0.361 e. The van der Waals surface area contributed by atoms with Gasteiger partial charge in [-0.2, -0.15) is 0 Å². The van der Waals surface area contributed by atoms with Crippen molar-refractivity contribution in [1.82, 2.24) is 9.88 Å². The molecule has 140 valence electrons. The first-order valence-corrected chi connectivity index (χ1v) is 10.5. The lowest BCUT2D eigenvalue weighted by Crippen LogP contribution is -2.50. The van der Waals surface area contributed by atoms with Crippen LogP contribution in [-0.4, -0.2) is 35.7 Å². The second-order valence-corrected chi connectivity index (χ2v) is 8.06. The van der Waals surface area contributed by atoms with Crippen molar-refractivity contribution in [3.63, 3.8) is 0 Å². The summed E-state index contributed by atoms with van der Waals surface area (Å²) in [7, 11) is 0. The van der Waals surface area contributed by atoms with Crippen LogP contribution >= 0.6 is 0 Å². The van der Waals surface area contributed by atoms with E-state index in [4.69, 9.17) is 0 Å². The minimum atomic E-state index is 0.539. The molecule has 0 radical (unpaired) electrons. The number of aromatic nitrogens is 1. The van der Waals surface area contributed by atoms with E-state index in [2.05, 4.69) is 76.4 Å². The van der Waals surface area contributed by atoms with Crippen molar-refractivity contribution in [2.24, 2.45) is 0 Å². The van der Waals surface area contributed by atoms with E-state index < -0.39 is 0 Å². The summed E-state index contributed by atoms with van der Waals surface area (Å²) in [5.41, 5.74) is 5.77. The zero-order valence-corrected chi connectivity index (χ0v) is 16.2. The maximum Gasteiger partial charge on any atom is 0.0818 e. The lowest BCUT2D eigenvalue weighted by Gasteiger charge is -2.42. The van der Waals surface area contributed by atoms with Gasteiger partial charge < -0.3 is 9.88 Å². The van der Waals surface area contributed by atoms with Gasteiger partial charge in [0, 0.05) is 42.4 Å². The maximum atomic E-state index is 3.46. The number of H-pyrrole nitrogens is 1. The molecule has 0 spiro atoms. The number of fused-ring (bicyclic) bond motifs is 2. The van der Waals surface area contributed by atoms with E-state index in [-0.39, 0.29) is 0 Å². The predicted molar refractivity (Wildman–Crippen MR) is 113 cm³/mol. The van der Waals surface area contributed by atoms with Crippen LogP contribution in [0.25, 0.3) is 10.9 Å². The van der Waals surface area contributed by atoms with Gasteiger partial charge in [0.1, 0.15) is 0 Å². The first kappa shape index (κ1) is 16.9. The quantitative estimate of drug-likeness (QED) is 0.696. The third kappa shape index (κ3) is 2.94. The normalized spacial score (nSPS) is 19.5. The van der Waals surface area contributed by atoms with Crippen molar-refractivity contribution in [1.29, 1.82) is 0 Å². The van der Waals surface area contributed by atoms with E-state index in [1.165, 1.54) is 73.0 Å². The van der Waals surface area contributed by atoms with Crippen LogP contribution in [0.5, 0.6) is 0 Å². The molecule has 3 heteroatoms. The molecule has 27 heavy (non-hydrogen) atoms. The smallest absolute Gasteiger partial charge is 0.0818 e. The second-order valence-electron chi connectivity index (χ2n) is 8.06. The number of aromatic amines is 1. The number of anilines is 1. The Bertz CT molecular complexity index is 920. The lowest BCUT2D eigenvalue weighted by atomic mass is 9.89. The van der Waals surface area contributed by atoms with Crippen LogP contribution in [-0.2, 0) is 6.42 Å². The number of nitrogens with one attached hydrogen (secondary N) is 1. The van der Waals surface area contributed by atoms with Crippen LogP contribution in [0.1, 0.15) is 43.2 Å². The van der Waals surface area contributed by atoms with Crippen molar-refractivity contribution in [2.75, 3.05) is 24.5 Å². The van der Waals surface area contributed by atoms with Crippen molar-refractivity contribution < 1.29 is 0 Å². The van der Waals surface area contributed by atoms with Gasteiger partial charge in [-0.3, -0.25) is 4.90 Å². The highest BCUT2D eigenvalue weighted by atomic mass is 15.4. The summed E-state index contributed by atoms with van der Waals surface area (Å²) in [6.45, 7) is 5.90. The molecule has 3 aromatic rings. The molecule has 1 N–H and O–H groups in total. The number of likely N-dealkylation sites (tertiary alicyclic amines) is 1. The van der Waals surface area contributed by atoms with Crippen LogP contribution in [0.15, 0.2) is 54.7 Å². The van der Waals surface area contributed by atoms with Crippen molar-refractivity contribution in [2.45, 2.75) is 44.7 Å². The monoisotopic (exact) mass is 359 g/mol. The summed E-state index contributed by atoms with van der Waals surface area (Å²) in [6, 6.07) is 17.7. The van der Waals surface area contributed by atoms with Gasteiger partial charge in [-0.1, -0.05) is 43.3 Å². The number of para-hydroxylation sites is 2. The molecule has 2 aromatic carbocycles. The summed E-state index contributed by atoms with van der Waals surface area (Å²) in [4.78, 5) is 8.85. The Kier molecular flexibility index (Phi) is 4.41. The fourth-order valence-electron chi connectivity index (χ4n) is 5.29. The van der Waals surface area contributed by atoms with E-state index in [0.717, 1.165) is 0 Å². The van der Waals surface area contributed by atoms with Gasteiger partial charge in [-0.15, -0.1) is 0 Å². The van der Waals surface area contributed by atoms with E-state index in [9.17, 15) is 0 Å². The summed E-state index contributed by atoms with van der Waals surface area (Å²) in [6.07, 6.45) is 7.68. The lowest BCUT2D eigenvalue weighted by molar-refractivity contribution is 0.145. The van der Waals surface area contributed by atoms with Gasteiger partial charge >= 0.3 is 0 Å². The molecular weight excluding hydrogens is 330 g/mol. The Morgan fingerprint density at radius 2 is 1.78 bits per heavy atom. The van der Waals surface area contributed by atoms with E-state index in [1.807, 2.05) is 0 Å².